The van der Waals surface area contributed by atoms with E-state index >= 15 is 0 Å². The Hall–Kier alpha value is -1.43. The van der Waals surface area contributed by atoms with E-state index in [-0.39, 0.29) is 18.0 Å². The lowest BCUT2D eigenvalue weighted by atomic mass is 10.1. The van der Waals surface area contributed by atoms with Crippen LogP contribution in [0, 0.1) is 0 Å². The third-order valence-corrected chi connectivity index (χ3v) is 2.18. The highest BCUT2D eigenvalue weighted by Gasteiger charge is 2.11. The van der Waals surface area contributed by atoms with Crippen molar-refractivity contribution in [2.45, 2.75) is 39.4 Å². The van der Waals surface area contributed by atoms with Gasteiger partial charge in [0.05, 0.1) is 11.9 Å². The van der Waals surface area contributed by atoms with Gasteiger partial charge in [-0.15, -0.1) is 5.10 Å². The molecule has 0 aliphatic carbocycles. The summed E-state index contributed by atoms with van der Waals surface area (Å²) in [5.74, 6) is 0.00484. The SMILES string of the molecule is CN(C)C(=O)Cn1cc(CNC(C)(C)C)nn1. The zero-order chi connectivity index (χ0) is 13.1. The van der Waals surface area contributed by atoms with Crippen molar-refractivity contribution in [3.05, 3.63) is 11.9 Å². The number of hydrogen-bond acceptors (Lipinski definition) is 4. The fourth-order valence-corrected chi connectivity index (χ4v) is 1.13. The standard InChI is InChI=1S/C11H21N5O/c1-11(2,3)12-6-9-7-16(14-13-9)8-10(17)15(4)5/h7,12H,6,8H2,1-5H3. The average Bonchev–Trinajstić information content (AvgIpc) is 2.61. The Balaban J connectivity index is 2.51. The molecule has 17 heavy (non-hydrogen) atoms. The van der Waals surface area contributed by atoms with E-state index in [4.69, 9.17) is 0 Å². The van der Waals surface area contributed by atoms with Crippen LogP contribution in [0.4, 0.5) is 0 Å². The molecule has 0 fully saturated rings. The molecule has 6 heteroatoms. The molecule has 0 unspecified atom stereocenters. The molecule has 0 saturated heterocycles. The Labute approximate surface area is 102 Å². The lowest BCUT2D eigenvalue weighted by Crippen LogP contribution is -2.35. The van der Waals surface area contributed by atoms with Gasteiger partial charge in [-0.25, -0.2) is 4.68 Å². The summed E-state index contributed by atoms with van der Waals surface area (Å²) in [6.07, 6.45) is 1.79. The van der Waals surface area contributed by atoms with Crippen molar-refractivity contribution in [1.29, 1.82) is 0 Å². The van der Waals surface area contributed by atoms with Gasteiger partial charge in [0, 0.05) is 26.2 Å². The minimum absolute atomic E-state index is 0.00484. The van der Waals surface area contributed by atoms with Crippen LogP contribution >= 0.6 is 0 Å². The molecule has 1 rings (SSSR count). The Morgan fingerprint density at radius 2 is 2.12 bits per heavy atom. The van der Waals surface area contributed by atoms with Crippen molar-refractivity contribution < 1.29 is 4.79 Å². The molecule has 0 radical (unpaired) electrons. The van der Waals surface area contributed by atoms with E-state index in [1.165, 1.54) is 4.90 Å². The summed E-state index contributed by atoms with van der Waals surface area (Å²) in [7, 11) is 3.45. The largest absolute Gasteiger partial charge is 0.347 e. The van der Waals surface area contributed by atoms with Crippen molar-refractivity contribution >= 4 is 5.91 Å². The van der Waals surface area contributed by atoms with Gasteiger partial charge < -0.3 is 10.2 Å². The molecular formula is C11H21N5O. The van der Waals surface area contributed by atoms with E-state index in [0.29, 0.717) is 6.54 Å². The van der Waals surface area contributed by atoms with Crippen LogP contribution in [-0.4, -0.2) is 45.4 Å². The quantitative estimate of drug-likeness (QED) is 0.818. The van der Waals surface area contributed by atoms with Gasteiger partial charge in [-0.2, -0.15) is 0 Å². The maximum Gasteiger partial charge on any atom is 0.243 e. The molecule has 1 heterocycles. The number of nitrogens with one attached hydrogen (secondary N) is 1. The van der Waals surface area contributed by atoms with Crippen LogP contribution in [0.5, 0.6) is 0 Å². The second kappa shape index (κ2) is 5.27. The molecule has 0 saturated carbocycles. The minimum Gasteiger partial charge on any atom is -0.347 e. The molecule has 1 aromatic rings. The summed E-state index contributed by atoms with van der Waals surface area (Å²) >= 11 is 0. The first kappa shape index (κ1) is 13.6. The van der Waals surface area contributed by atoms with Crippen LogP contribution in [-0.2, 0) is 17.9 Å². The monoisotopic (exact) mass is 239 g/mol. The Bertz CT molecular complexity index is 377. The summed E-state index contributed by atoms with van der Waals surface area (Å²) < 4.78 is 1.56. The molecule has 6 nitrogen and oxygen atoms in total. The number of rotatable bonds is 4. The topological polar surface area (TPSA) is 63.1 Å². The van der Waals surface area contributed by atoms with E-state index in [1.54, 1.807) is 25.0 Å². The molecule has 1 aromatic heterocycles. The highest BCUT2D eigenvalue weighted by Crippen LogP contribution is 2.01. The van der Waals surface area contributed by atoms with Gasteiger partial charge in [-0.05, 0) is 20.8 Å². The summed E-state index contributed by atoms with van der Waals surface area (Å²) in [5, 5.41) is 11.2. The van der Waals surface area contributed by atoms with Gasteiger partial charge in [0.1, 0.15) is 6.54 Å². The van der Waals surface area contributed by atoms with Crippen molar-refractivity contribution in [1.82, 2.24) is 25.2 Å². The fraction of sp³-hybridized carbons (Fsp3) is 0.727. The van der Waals surface area contributed by atoms with Crippen molar-refractivity contribution in [2.24, 2.45) is 0 Å². The minimum atomic E-state index is 0.00484. The second-order valence-corrected chi connectivity index (χ2v) is 5.30. The number of likely N-dealkylation sites (N-methyl/N-ethyl adjacent to an activating group) is 1. The number of aromatic nitrogens is 3. The van der Waals surface area contributed by atoms with E-state index in [0.717, 1.165) is 5.69 Å². The first-order valence-electron chi connectivity index (χ1n) is 5.62. The molecule has 0 bridgehead atoms. The van der Waals surface area contributed by atoms with E-state index in [2.05, 4.69) is 36.4 Å². The van der Waals surface area contributed by atoms with Gasteiger partial charge in [0.2, 0.25) is 5.91 Å². The first-order valence-corrected chi connectivity index (χ1v) is 5.62. The first-order chi connectivity index (χ1) is 7.78. The molecule has 0 aromatic carbocycles. The summed E-state index contributed by atoms with van der Waals surface area (Å²) in [5.41, 5.74) is 0.884. The number of hydrogen-bond donors (Lipinski definition) is 1. The van der Waals surface area contributed by atoms with Crippen LogP contribution in [0.1, 0.15) is 26.5 Å². The fourth-order valence-electron chi connectivity index (χ4n) is 1.13. The molecular weight excluding hydrogens is 218 g/mol. The van der Waals surface area contributed by atoms with Crippen LogP contribution < -0.4 is 5.32 Å². The van der Waals surface area contributed by atoms with Crippen molar-refractivity contribution in [2.75, 3.05) is 14.1 Å². The Kier molecular flexibility index (Phi) is 4.22. The molecule has 0 aliphatic rings. The predicted molar refractivity (Wildman–Crippen MR) is 65.3 cm³/mol. The zero-order valence-electron chi connectivity index (χ0n) is 11.2. The highest BCUT2D eigenvalue weighted by molar-refractivity contribution is 5.75. The van der Waals surface area contributed by atoms with Gasteiger partial charge in [-0.1, -0.05) is 5.21 Å². The van der Waals surface area contributed by atoms with Gasteiger partial charge in [-0.3, -0.25) is 4.79 Å². The maximum atomic E-state index is 11.5. The second-order valence-electron chi connectivity index (χ2n) is 5.30. The third-order valence-electron chi connectivity index (χ3n) is 2.18. The average molecular weight is 239 g/mol. The molecule has 0 spiro atoms. The molecule has 96 valence electrons. The lowest BCUT2D eigenvalue weighted by molar-refractivity contribution is -0.129. The van der Waals surface area contributed by atoms with E-state index < -0.39 is 0 Å². The van der Waals surface area contributed by atoms with Crippen molar-refractivity contribution in [3.8, 4) is 0 Å². The molecule has 0 atom stereocenters. The zero-order valence-corrected chi connectivity index (χ0v) is 11.2. The molecule has 1 amide bonds. The third kappa shape index (κ3) is 4.95. The summed E-state index contributed by atoms with van der Waals surface area (Å²) in [4.78, 5) is 13.0. The van der Waals surface area contributed by atoms with Crippen LogP contribution in [0.2, 0.25) is 0 Å². The predicted octanol–water partition coefficient (Wildman–Crippen LogP) is 0.254. The van der Waals surface area contributed by atoms with Gasteiger partial charge >= 0.3 is 0 Å². The van der Waals surface area contributed by atoms with Crippen molar-refractivity contribution in [3.63, 3.8) is 0 Å². The molecule has 1 N–H and O–H groups in total. The Morgan fingerprint density at radius 3 is 2.65 bits per heavy atom. The smallest absolute Gasteiger partial charge is 0.243 e. The number of amides is 1. The van der Waals surface area contributed by atoms with Crippen LogP contribution in [0.3, 0.4) is 0 Å². The van der Waals surface area contributed by atoms with E-state index in [1.807, 2.05) is 0 Å². The highest BCUT2D eigenvalue weighted by atomic mass is 16.2. The van der Waals surface area contributed by atoms with Gasteiger partial charge in [0.15, 0.2) is 0 Å². The van der Waals surface area contributed by atoms with E-state index in [9.17, 15) is 4.79 Å². The van der Waals surface area contributed by atoms with Crippen LogP contribution in [0.15, 0.2) is 6.20 Å². The number of carbonyl (C=O) groups excluding carboxylic acids is 1. The normalized spacial score (nSPS) is 11.6. The van der Waals surface area contributed by atoms with Gasteiger partial charge in [0.25, 0.3) is 0 Å². The number of carbonyl (C=O) groups is 1. The summed E-state index contributed by atoms with van der Waals surface area (Å²) in [6.45, 7) is 7.15. The number of nitrogens with zero attached hydrogens (tertiary/aromatic N) is 4. The summed E-state index contributed by atoms with van der Waals surface area (Å²) in [6, 6.07) is 0. The molecule has 0 aliphatic heterocycles. The Morgan fingerprint density at radius 1 is 1.47 bits per heavy atom. The maximum absolute atomic E-state index is 11.5. The van der Waals surface area contributed by atoms with Crippen LogP contribution in [0.25, 0.3) is 0 Å². The lowest BCUT2D eigenvalue weighted by Gasteiger charge is -2.19.